The van der Waals surface area contributed by atoms with Crippen molar-refractivity contribution >= 4 is 5.91 Å². The molecule has 1 aromatic carbocycles. The fourth-order valence-corrected chi connectivity index (χ4v) is 2.49. The van der Waals surface area contributed by atoms with Gasteiger partial charge < -0.3 is 9.73 Å². The molecule has 0 fully saturated rings. The van der Waals surface area contributed by atoms with Gasteiger partial charge in [0.1, 0.15) is 5.69 Å². The Bertz CT molecular complexity index is 886. The largest absolute Gasteiger partial charge is 0.463 e. The van der Waals surface area contributed by atoms with Gasteiger partial charge in [0, 0.05) is 12.6 Å². The van der Waals surface area contributed by atoms with Crippen LogP contribution in [0.3, 0.4) is 0 Å². The number of rotatable bonds is 6. The van der Waals surface area contributed by atoms with Crippen molar-refractivity contribution in [3.8, 4) is 11.5 Å². The first-order valence-corrected chi connectivity index (χ1v) is 8.08. The SMILES string of the molecule is CC(CNC(=O)Cc1ccccc1)n1nc(-c2ccco2)ccc1=O. The van der Waals surface area contributed by atoms with E-state index in [1.807, 2.05) is 37.3 Å². The Hall–Kier alpha value is -3.15. The monoisotopic (exact) mass is 337 g/mol. The Morgan fingerprint density at radius 3 is 2.68 bits per heavy atom. The molecule has 0 saturated heterocycles. The van der Waals surface area contributed by atoms with E-state index in [2.05, 4.69) is 10.4 Å². The predicted molar refractivity (Wildman–Crippen MR) is 94.1 cm³/mol. The van der Waals surface area contributed by atoms with E-state index in [4.69, 9.17) is 4.42 Å². The van der Waals surface area contributed by atoms with Crippen LogP contribution in [0, 0.1) is 0 Å². The molecule has 1 N–H and O–H groups in total. The first-order valence-electron chi connectivity index (χ1n) is 8.08. The molecule has 0 spiro atoms. The third kappa shape index (κ3) is 4.23. The highest BCUT2D eigenvalue weighted by atomic mass is 16.3. The minimum absolute atomic E-state index is 0.0895. The average Bonchev–Trinajstić information content (AvgIpc) is 3.15. The molecule has 2 aromatic heterocycles. The molecular weight excluding hydrogens is 318 g/mol. The first kappa shape index (κ1) is 16.7. The Balaban J connectivity index is 1.65. The number of nitrogens with zero attached hydrogens (tertiary/aromatic N) is 2. The topological polar surface area (TPSA) is 77.1 Å². The van der Waals surface area contributed by atoms with Gasteiger partial charge in [0.2, 0.25) is 5.91 Å². The van der Waals surface area contributed by atoms with Crippen molar-refractivity contribution in [2.75, 3.05) is 6.54 Å². The van der Waals surface area contributed by atoms with Crippen LogP contribution in [0.4, 0.5) is 0 Å². The lowest BCUT2D eigenvalue weighted by molar-refractivity contribution is -0.120. The number of amides is 1. The minimum atomic E-state index is -0.276. The van der Waals surface area contributed by atoms with Gasteiger partial charge in [-0.25, -0.2) is 4.68 Å². The van der Waals surface area contributed by atoms with Crippen LogP contribution in [-0.4, -0.2) is 22.2 Å². The zero-order chi connectivity index (χ0) is 17.6. The van der Waals surface area contributed by atoms with Crippen LogP contribution in [0.15, 0.2) is 70.1 Å². The first-order chi connectivity index (χ1) is 12.1. The van der Waals surface area contributed by atoms with Crippen LogP contribution in [-0.2, 0) is 11.2 Å². The Morgan fingerprint density at radius 2 is 1.96 bits per heavy atom. The summed E-state index contributed by atoms with van der Waals surface area (Å²) in [6.45, 7) is 2.16. The lowest BCUT2D eigenvalue weighted by atomic mass is 10.1. The van der Waals surface area contributed by atoms with E-state index in [0.29, 0.717) is 24.4 Å². The van der Waals surface area contributed by atoms with Crippen LogP contribution in [0.5, 0.6) is 0 Å². The molecule has 0 aliphatic rings. The second-order valence-corrected chi connectivity index (χ2v) is 5.79. The Kier molecular flexibility index (Phi) is 5.09. The summed E-state index contributed by atoms with van der Waals surface area (Å²) in [5.74, 6) is 0.502. The summed E-state index contributed by atoms with van der Waals surface area (Å²) in [4.78, 5) is 24.1. The van der Waals surface area contributed by atoms with Crippen molar-refractivity contribution in [1.82, 2.24) is 15.1 Å². The number of aromatic nitrogens is 2. The summed E-state index contributed by atoms with van der Waals surface area (Å²) in [6.07, 6.45) is 1.86. The zero-order valence-electron chi connectivity index (χ0n) is 13.9. The van der Waals surface area contributed by atoms with Crippen LogP contribution < -0.4 is 10.9 Å². The lowest BCUT2D eigenvalue weighted by Gasteiger charge is -2.15. The van der Waals surface area contributed by atoms with Crippen LogP contribution in [0.2, 0.25) is 0 Å². The van der Waals surface area contributed by atoms with Gasteiger partial charge in [-0.05, 0) is 30.7 Å². The molecule has 6 heteroatoms. The highest BCUT2D eigenvalue weighted by Crippen LogP contribution is 2.16. The molecule has 0 aliphatic heterocycles. The Morgan fingerprint density at radius 1 is 1.16 bits per heavy atom. The predicted octanol–water partition coefficient (Wildman–Crippen LogP) is 2.42. The van der Waals surface area contributed by atoms with Crippen molar-refractivity contribution in [3.63, 3.8) is 0 Å². The summed E-state index contributed by atoms with van der Waals surface area (Å²) in [5.41, 5.74) is 1.30. The van der Waals surface area contributed by atoms with E-state index >= 15 is 0 Å². The molecule has 0 bridgehead atoms. The quantitative estimate of drug-likeness (QED) is 0.749. The van der Waals surface area contributed by atoms with Gasteiger partial charge in [0.25, 0.3) is 5.56 Å². The number of carbonyl (C=O) groups excluding carboxylic acids is 1. The van der Waals surface area contributed by atoms with Gasteiger partial charge in [0.05, 0.1) is 18.7 Å². The normalized spacial score (nSPS) is 11.9. The third-order valence-electron chi connectivity index (χ3n) is 3.82. The summed E-state index contributed by atoms with van der Waals surface area (Å²) < 4.78 is 6.67. The third-order valence-corrected chi connectivity index (χ3v) is 3.82. The van der Waals surface area contributed by atoms with Gasteiger partial charge in [-0.3, -0.25) is 9.59 Å². The van der Waals surface area contributed by atoms with E-state index in [0.717, 1.165) is 5.56 Å². The van der Waals surface area contributed by atoms with E-state index in [1.165, 1.54) is 10.7 Å². The summed E-state index contributed by atoms with van der Waals surface area (Å²) in [6, 6.07) is 15.9. The molecule has 3 aromatic rings. The zero-order valence-corrected chi connectivity index (χ0v) is 13.9. The van der Waals surface area contributed by atoms with Gasteiger partial charge in [-0.2, -0.15) is 5.10 Å². The molecule has 128 valence electrons. The lowest BCUT2D eigenvalue weighted by Crippen LogP contribution is -2.35. The van der Waals surface area contributed by atoms with Gasteiger partial charge in [0.15, 0.2) is 5.76 Å². The van der Waals surface area contributed by atoms with E-state index in [1.54, 1.807) is 24.5 Å². The van der Waals surface area contributed by atoms with Crippen molar-refractivity contribution in [1.29, 1.82) is 0 Å². The van der Waals surface area contributed by atoms with E-state index in [9.17, 15) is 9.59 Å². The van der Waals surface area contributed by atoms with Crippen LogP contribution in [0.25, 0.3) is 11.5 Å². The molecule has 2 heterocycles. The second kappa shape index (κ2) is 7.61. The van der Waals surface area contributed by atoms with Gasteiger partial charge in [-0.15, -0.1) is 0 Å². The van der Waals surface area contributed by atoms with Crippen LogP contribution in [0.1, 0.15) is 18.5 Å². The standard InChI is InChI=1S/C19H19N3O3/c1-14(13-20-18(23)12-15-6-3-2-4-7-15)22-19(24)10-9-16(21-22)17-8-5-11-25-17/h2-11,14H,12-13H2,1H3,(H,20,23). The molecule has 25 heavy (non-hydrogen) atoms. The van der Waals surface area contributed by atoms with E-state index < -0.39 is 0 Å². The molecule has 0 aliphatic carbocycles. The molecule has 1 atom stereocenters. The second-order valence-electron chi connectivity index (χ2n) is 5.79. The fourth-order valence-electron chi connectivity index (χ4n) is 2.49. The summed E-state index contributed by atoms with van der Waals surface area (Å²) >= 11 is 0. The highest BCUT2D eigenvalue weighted by molar-refractivity contribution is 5.78. The molecule has 1 amide bonds. The van der Waals surface area contributed by atoms with Crippen molar-refractivity contribution in [2.45, 2.75) is 19.4 Å². The number of furan rings is 1. The van der Waals surface area contributed by atoms with Gasteiger partial charge >= 0.3 is 0 Å². The molecule has 1 unspecified atom stereocenters. The van der Waals surface area contributed by atoms with Crippen molar-refractivity contribution in [3.05, 3.63) is 76.8 Å². The molecular formula is C19H19N3O3. The number of hydrogen-bond acceptors (Lipinski definition) is 4. The Labute approximate surface area is 145 Å². The number of nitrogens with one attached hydrogen (secondary N) is 1. The van der Waals surface area contributed by atoms with Crippen molar-refractivity contribution < 1.29 is 9.21 Å². The van der Waals surface area contributed by atoms with Crippen LogP contribution >= 0.6 is 0 Å². The summed E-state index contributed by atoms with van der Waals surface area (Å²) in [7, 11) is 0. The highest BCUT2D eigenvalue weighted by Gasteiger charge is 2.12. The number of benzene rings is 1. The smallest absolute Gasteiger partial charge is 0.267 e. The maximum Gasteiger partial charge on any atom is 0.267 e. The molecule has 0 saturated carbocycles. The molecule has 0 radical (unpaired) electrons. The molecule has 6 nitrogen and oxygen atoms in total. The van der Waals surface area contributed by atoms with E-state index in [-0.39, 0.29) is 17.5 Å². The molecule has 3 rings (SSSR count). The fraction of sp³-hybridized carbons (Fsp3) is 0.211. The maximum atomic E-state index is 12.1. The maximum absolute atomic E-state index is 12.1. The van der Waals surface area contributed by atoms with Gasteiger partial charge in [-0.1, -0.05) is 30.3 Å². The summed E-state index contributed by atoms with van der Waals surface area (Å²) in [5, 5.41) is 7.18. The number of hydrogen-bond donors (Lipinski definition) is 1. The minimum Gasteiger partial charge on any atom is -0.463 e. The van der Waals surface area contributed by atoms with Crippen molar-refractivity contribution in [2.24, 2.45) is 0 Å². The average molecular weight is 337 g/mol. The number of carbonyl (C=O) groups is 1.